The van der Waals surface area contributed by atoms with Gasteiger partial charge in [-0.2, -0.15) is 4.31 Å². The molecule has 22 heavy (non-hydrogen) atoms. The summed E-state index contributed by atoms with van der Waals surface area (Å²) in [6.45, 7) is 0.719. The lowest BCUT2D eigenvalue weighted by molar-refractivity contribution is 0.207. The first-order valence-electron chi connectivity index (χ1n) is 6.71. The summed E-state index contributed by atoms with van der Waals surface area (Å²) in [6.07, 6.45) is 5.05. The van der Waals surface area contributed by atoms with Crippen molar-refractivity contribution in [3.8, 4) is 5.88 Å². The highest BCUT2D eigenvalue weighted by molar-refractivity contribution is 9.10. The Hall–Kier alpha value is -1.45. The van der Waals surface area contributed by atoms with Gasteiger partial charge < -0.3 is 9.30 Å². The van der Waals surface area contributed by atoms with Crippen molar-refractivity contribution in [1.82, 2.24) is 18.8 Å². The van der Waals surface area contributed by atoms with Crippen molar-refractivity contribution in [2.45, 2.75) is 17.6 Å². The molecule has 0 saturated carbocycles. The number of ether oxygens (including phenoxy) is 1. The van der Waals surface area contributed by atoms with Crippen LogP contribution in [0.2, 0.25) is 0 Å². The molecule has 2 aromatic rings. The molecule has 1 atom stereocenters. The number of pyridine rings is 1. The Morgan fingerprint density at radius 1 is 1.36 bits per heavy atom. The van der Waals surface area contributed by atoms with Gasteiger partial charge in [0.15, 0.2) is 5.03 Å². The zero-order valence-electron chi connectivity index (χ0n) is 11.9. The SMILES string of the molecule is Cn1cnc(S(=O)(=O)N2CCC(Oc3ccc(Br)cn3)C2)c1. The number of hydrogen-bond acceptors (Lipinski definition) is 5. The van der Waals surface area contributed by atoms with Crippen molar-refractivity contribution < 1.29 is 13.2 Å². The van der Waals surface area contributed by atoms with Gasteiger partial charge >= 0.3 is 0 Å². The summed E-state index contributed by atoms with van der Waals surface area (Å²) < 4.78 is 34.5. The highest BCUT2D eigenvalue weighted by atomic mass is 79.9. The van der Waals surface area contributed by atoms with Crippen LogP contribution in [0.15, 0.2) is 40.4 Å². The molecule has 1 saturated heterocycles. The summed E-state index contributed by atoms with van der Waals surface area (Å²) in [6, 6.07) is 3.58. The van der Waals surface area contributed by atoms with Gasteiger partial charge in [-0.3, -0.25) is 0 Å². The summed E-state index contributed by atoms with van der Waals surface area (Å²) in [5, 5.41) is 0.0671. The molecule has 0 aliphatic carbocycles. The average molecular weight is 387 g/mol. The van der Waals surface area contributed by atoms with Crippen LogP contribution in [0.1, 0.15) is 6.42 Å². The summed E-state index contributed by atoms with van der Waals surface area (Å²) in [5.74, 6) is 0.491. The molecule has 9 heteroatoms. The fraction of sp³-hybridized carbons (Fsp3) is 0.385. The average Bonchev–Trinajstić information content (AvgIpc) is 3.11. The van der Waals surface area contributed by atoms with Gasteiger partial charge in [0.2, 0.25) is 5.88 Å². The normalized spacial score (nSPS) is 19.5. The van der Waals surface area contributed by atoms with Crippen LogP contribution in [0.3, 0.4) is 0 Å². The summed E-state index contributed by atoms with van der Waals surface area (Å²) >= 11 is 3.31. The molecule has 1 fully saturated rings. The maximum atomic E-state index is 12.5. The zero-order valence-corrected chi connectivity index (χ0v) is 14.3. The fourth-order valence-electron chi connectivity index (χ4n) is 2.27. The van der Waals surface area contributed by atoms with Gasteiger partial charge in [-0.05, 0) is 28.4 Å². The second-order valence-electron chi connectivity index (χ2n) is 5.08. The second-order valence-corrected chi connectivity index (χ2v) is 7.88. The summed E-state index contributed by atoms with van der Waals surface area (Å²) in [4.78, 5) is 8.06. The number of aromatic nitrogens is 3. The molecule has 2 aromatic heterocycles. The van der Waals surface area contributed by atoms with E-state index in [1.165, 1.54) is 16.8 Å². The van der Waals surface area contributed by atoms with Crippen LogP contribution in [0.4, 0.5) is 0 Å². The molecule has 0 N–H and O–H groups in total. The van der Waals surface area contributed by atoms with E-state index >= 15 is 0 Å². The third-order valence-corrected chi connectivity index (χ3v) is 5.60. The highest BCUT2D eigenvalue weighted by Gasteiger charge is 2.35. The largest absolute Gasteiger partial charge is 0.473 e. The first kappa shape index (κ1) is 15.4. The molecular formula is C13H15BrN4O3S. The third-order valence-electron chi connectivity index (χ3n) is 3.38. The Bertz CT molecular complexity index is 760. The number of rotatable bonds is 4. The number of hydrogen-bond donors (Lipinski definition) is 0. The highest BCUT2D eigenvalue weighted by Crippen LogP contribution is 2.23. The second kappa shape index (κ2) is 5.98. The minimum absolute atomic E-state index is 0.0671. The van der Waals surface area contributed by atoms with Gasteiger partial charge in [-0.1, -0.05) is 0 Å². The molecule has 1 unspecified atom stereocenters. The molecule has 0 amide bonds. The van der Waals surface area contributed by atoms with Gasteiger partial charge in [-0.25, -0.2) is 18.4 Å². The molecular weight excluding hydrogens is 372 g/mol. The number of sulfonamides is 1. The van der Waals surface area contributed by atoms with Crippen molar-refractivity contribution in [1.29, 1.82) is 0 Å². The van der Waals surface area contributed by atoms with E-state index < -0.39 is 10.0 Å². The Morgan fingerprint density at radius 2 is 2.18 bits per heavy atom. The Kier molecular flexibility index (Phi) is 4.20. The first-order chi connectivity index (χ1) is 10.4. The molecule has 118 valence electrons. The van der Waals surface area contributed by atoms with Crippen molar-refractivity contribution >= 4 is 26.0 Å². The Morgan fingerprint density at radius 3 is 2.82 bits per heavy atom. The van der Waals surface area contributed by atoms with E-state index in [1.54, 1.807) is 23.9 Å². The predicted molar refractivity (Wildman–Crippen MR) is 82.9 cm³/mol. The molecule has 0 radical (unpaired) electrons. The Labute approximate surface area is 137 Å². The predicted octanol–water partition coefficient (Wildman–Crippen LogP) is 1.42. The van der Waals surface area contributed by atoms with E-state index in [9.17, 15) is 8.42 Å². The molecule has 3 rings (SSSR count). The van der Waals surface area contributed by atoms with Crippen LogP contribution in [-0.4, -0.2) is 46.5 Å². The van der Waals surface area contributed by atoms with Crippen LogP contribution < -0.4 is 4.74 Å². The van der Waals surface area contributed by atoms with Crippen molar-refractivity contribution in [3.05, 3.63) is 35.3 Å². The minimum Gasteiger partial charge on any atom is -0.473 e. The van der Waals surface area contributed by atoms with Crippen LogP contribution >= 0.6 is 15.9 Å². The van der Waals surface area contributed by atoms with Crippen LogP contribution in [0, 0.1) is 0 Å². The van der Waals surface area contributed by atoms with Crippen molar-refractivity contribution in [3.63, 3.8) is 0 Å². The minimum atomic E-state index is -3.56. The van der Waals surface area contributed by atoms with Crippen LogP contribution in [0.5, 0.6) is 5.88 Å². The molecule has 1 aliphatic heterocycles. The lowest BCUT2D eigenvalue weighted by Crippen LogP contribution is -2.31. The maximum Gasteiger partial charge on any atom is 0.262 e. The third kappa shape index (κ3) is 3.16. The van der Waals surface area contributed by atoms with Gasteiger partial charge in [0.05, 0.1) is 12.9 Å². The lowest BCUT2D eigenvalue weighted by Gasteiger charge is -2.15. The molecule has 1 aliphatic rings. The number of aryl methyl sites for hydroxylation is 1. The monoisotopic (exact) mass is 386 g/mol. The quantitative estimate of drug-likeness (QED) is 0.793. The van der Waals surface area contributed by atoms with E-state index in [2.05, 4.69) is 25.9 Å². The maximum absolute atomic E-state index is 12.5. The standard InChI is InChI=1S/C13H15BrN4O3S/c1-17-8-13(16-9-17)22(19,20)18-5-4-11(7-18)21-12-3-2-10(14)6-15-12/h2-3,6,8-9,11H,4-5,7H2,1H3. The molecule has 7 nitrogen and oxygen atoms in total. The summed E-state index contributed by atoms with van der Waals surface area (Å²) in [5.41, 5.74) is 0. The fourth-order valence-corrected chi connectivity index (χ4v) is 3.96. The van der Waals surface area contributed by atoms with E-state index in [1.807, 2.05) is 6.07 Å². The first-order valence-corrected chi connectivity index (χ1v) is 8.95. The van der Waals surface area contributed by atoms with Gasteiger partial charge in [-0.15, -0.1) is 0 Å². The van der Waals surface area contributed by atoms with Crippen molar-refractivity contribution in [2.75, 3.05) is 13.1 Å². The molecule has 3 heterocycles. The smallest absolute Gasteiger partial charge is 0.262 e. The van der Waals surface area contributed by atoms with E-state index in [-0.39, 0.29) is 11.1 Å². The molecule has 0 bridgehead atoms. The Balaban J connectivity index is 1.68. The van der Waals surface area contributed by atoms with Crippen LogP contribution in [0.25, 0.3) is 0 Å². The van der Waals surface area contributed by atoms with E-state index in [0.29, 0.717) is 25.4 Å². The van der Waals surface area contributed by atoms with Crippen molar-refractivity contribution in [2.24, 2.45) is 7.05 Å². The zero-order chi connectivity index (χ0) is 15.7. The van der Waals surface area contributed by atoms with Gasteiger partial charge in [0.25, 0.3) is 10.0 Å². The topological polar surface area (TPSA) is 77.3 Å². The van der Waals surface area contributed by atoms with Gasteiger partial charge in [0.1, 0.15) is 6.10 Å². The summed E-state index contributed by atoms with van der Waals surface area (Å²) in [7, 11) is -1.82. The van der Waals surface area contributed by atoms with Gasteiger partial charge in [0, 0.05) is 36.5 Å². The molecule has 0 aromatic carbocycles. The van der Waals surface area contributed by atoms with E-state index in [0.717, 1.165) is 4.47 Å². The molecule has 0 spiro atoms. The number of imidazole rings is 1. The number of halogens is 1. The lowest BCUT2D eigenvalue weighted by atomic mass is 10.3. The van der Waals surface area contributed by atoms with E-state index in [4.69, 9.17) is 4.74 Å². The number of nitrogens with zero attached hydrogens (tertiary/aromatic N) is 4. The van der Waals surface area contributed by atoms with Crippen LogP contribution in [-0.2, 0) is 17.1 Å².